The Morgan fingerprint density at radius 1 is 1.00 bits per heavy atom. The largest absolute Gasteiger partial charge is 0.396 e. The molecular formula is C12H26O2S. The van der Waals surface area contributed by atoms with Crippen LogP contribution in [0.4, 0.5) is 0 Å². The van der Waals surface area contributed by atoms with Crippen LogP contribution in [0.3, 0.4) is 0 Å². The first kappa shape index (κ1) is 15.3. The van der Waals surface area contributed by atoms with Crippen molar-refractivity contribution in [3.8, 4) is 0 Å². The van der Waals surface area contributed by atoms with E-state index in [1.165, 1.54) is 32.1 Å². The van der Waals surface area contributed by atoms with Crippen LogP contribution in [-0.4, -0.2) is 28.2 Å². The minimum Gasteiger partial charge on any atom is -0.396 e. The number of unbranched alkanes of at least 4 members (excludes halogenated alkanes) is 5. The molecule has 0 aromatic rings. The first-order chi connectivity index (χ1) is 7.22. The van der Waals surface area contributed by atoms with Crippen LogP contribution >= 0.6 is 12.6 Å². The van der Waals surface area contributed by atoms with Crippen molar-refractivity contribution < 1.29 is 10.2 Å². The second-order valence-electron chi connectivity index (χ2n) is 4.20. The highest BCUT2D eigenvalue weighted by atomic mass is 32.1. The Hall–Kier alpha value is 0.270. The lowest BCUT2D eigenvalue weighted by Crippen LogP contribution is -2.21. The van der Waals surface area contributed by atoms with Gasteiger partial charge in [-0.15, -0.1) is 0 Å². The van der Waals surface area contributed by atoms with Gasteiger partial charge >= 0.3 is 0 Å². The number of hydrogen-bond acceptors (Lipinski definition) is 3. The number of rotatable bonds is 10. The lowest BCUT2D eigenvalue weighted by atomic mass is 10.0. The Bertz CT molecular complexity index is 131. The minimum absolute atomic E-state index is 0.0642. The minimum atomic E-state index is -0.355. The first-order valence-corrected chi connectivity index (χ1v) is 6.71. The molecule has 15 heavy (non-hydrogen) atoms. The van der Waals surface area contributed by atoms with E-state index < -0.39 is 0 Å². The van der Waals surface area contributed by atoms with Crippen molar-refractivity contribution in [2.75, 3.05) is 6.61 Å². The zero-order chi connectivity index (χ0) is 11.5. The standard InChI is InChI=1S/C12H26O2S/c1-2-3-4-5-6-7-8-11(14)12(15)9-10-13/h11-15H,2-10H2,1H3. The number of aliphatic hydroxyl groups is 2. The van der Waals surface area contributed by atoms with Gasteiger partial charge in [-0.2, -0.15) is 12.6 Å². The van der Waals surface area contributed by atoms with Gasteiger partial charge in [-0.3, -0.25) is 0 Å². The summed E-state index contributed by atoms with van der Waals surface area (Å²) in [6.07, 6.45) is 8.52. The second kappa shape index (κ2) is 10.8. The van der Waals surface area contributed by atoms with Crippen molar-refractivity contribution in [1.82, 2.24) is 0 Å². The van der Waals surface area contributed by atoms with Gasteiger partial charge in [0.05, 0.1) is 6.10 Å². The molecule has 0 aliphatic heterocycles. The summed E-state index contributed by atoms with van der Waals surface area (Å²) >= 11 is 4.25. The predicted molar refractivity (Wildman–Crippen MR) is 68.5 cm³/mol. The maximum absolute atomic E-state index is 9.66. The highest BCUT2D eigenvalue weighted by Crippen LogP contribution is 2.14. The van der Waals surface area contributed by atoms with E-state index in [0.717, 1.165) is 12.8 Å². The van der Waals surface area contributed by atoms with E-state index in [0.29, 0.717) is 6.42 Å². The summed E-state index contributed by atoms with van der Waals surface area (Å²) in [4.78, 5) is 0. The third-order valence-electron chi connectivity index (χ3n) is 2.72. The van der Waals surface area contributed by atoms with Crippen LogP contribution in [0.15, 0.2) is 0 Å². The molecule has 0 aliphatic rings. The Kier molecular flexibility index (Phi) is 11.0. The van der Waals surface area contributed by atoms with Crippen LogP contribution in [0, 0.1) is 0 Å². The Balaban J connectivity index is 3.26. The number of thiol groups is 1. The zero-order valence-corrected chi connectivity index (χ0v) is 10.8. The summed E-state index contributed by atoms with van der Waals surface area (Å²) in [5.74, 6) is 0. The van der Waals surface area contributed by atoms with E-state index in [4.69, 9.17) is 5.11 Å². The van der Waals surface area contributed by atoms with Crippen LogP contribution < -0.4 is 0 Å². The first-order valence-electron chi connectivity index (χ1n) is 6.19. The summed E-state index contributed by atoms with van der Waals surface area (Å²) in [6.45, 7) is 2.33. The van der Waals surface area contributed by atoms with E-state index in [9.17, 15) is 5.11 Å². The monoisotopic (exact) mass is 234 g/mol. The van der Waals surface area contributed by atoms with Gasteiger partial charge in [0.2, 0.25) is 0 Å². The molecule has 92 valence electrons. The maximum atomic E-state index is 9.66. The normalized spacial score (nSPS) is 15.2. The van der Waals surface area contributed by atoms with Gasteiger partial charge in [-0.1, -0.05) is 45.4 Å². The topological polar surface area (TPSA) is 40.5 Å². The van der Waals surface area contributed by atoms with Gasteiger partial charge in [0.1, 0.15) is 0 Å². The molecular weight excluding hydrogens is 208 g/mol. The van der Waals surface area contributed by atoms with Crippen molar-refractivity contribution >= 4 is 12.6 Å². The van der Waals surface area contributed by atoms with Gasteiger partial charge in [0, 0.05) is 11.9 Å². The van der Waals surface area contributed by atoms with Gasteiger partial charge in [-0.25, -0.2) is 0 Å². The molecule has 0 heterocycles. The predicted octanol–water partition coefficient (Wildman–Crippen LogP) is 2.78. The quantitative estimate of drug-likeness (QED) is 0.402. The van der Waals surface area contributed by atoms with E-state index in [1.807, 2.05) is 0 Å². The van der Waals surface area contributed by atoms with Crippen LogP contribution in [-0.2, 0) is 0 Å². The Labute approximate surface area is 99.5 Å². The third-order valence-corrected chi connectivity index (χ3v) is 3.32. The lowest BCUT2D eigenvalue weighted by molar-refractivity contribution is 0.145. The molecule has 0 aromatic heterocycles. The van der Waals surface area contributed by atoms with Gasteiger partial charge < -0.3 is 10.2 Å². The molecule has 0 amide bonds. The smallest absolute Gasteiger partial charge is 0.0657 e. The van der Waals surface area contributed by atoms with Crippen molar-refractivity contribution in [3.05, 3.63) is 0 Å². The molecule has 0 aromatic carbocycles. The zero-order valence-electron chi connectivity index (χ0n) is 9.86. The Morgan fingerprint density at radius 3 is 2.20 bits per heavy atom. The fraction of sp³-hybridized carbons (Fsp3) is 1.00. The molecule has 3 heteroatoms. The summed E-state index contributed by atoms with van der Waals surface area (Å²) < 4.78 is 0. The fourth-order valence-corrected chi connectivity index (χ4v) is 1.92. The molecule has 0 saturated heterocycles. The van der Waals surface area contributed by atoms with E-state index in [-0.39, 0.29) is 18.0 Å². The molecule has 2 nitrogen and oxygen atoms in total. The summed E-state index contributed by atoms with van der Waals surface area (Å²) in [7, 11) is 0. The summed E-state index contributed by atoms with van der Waals surface area (Å²) in [6, 6.07) is 0. The third kappa shape index (κ3) is 9.21. The molecule has 2 atom stereocenters. The molecule has 0 radical (unpaired) electrons. The molecule has 0 bridgehead atoms. The van der Waals surface area contributed by atoms with Crippen molar-refractivity contribution in [1.29, 1.82) is 0 Å². The van der Waals surface area contributed by atoms with Crippen LogP contribution in [0.2, 0.25) is 0 Å². The molecule has 2 unspecified atom stereocenters. The van der Waals surface area contributed by atoms with E-state index in [1.54, 1.807) is 0 Å². The van der Waals surface area contributed by atoms with Gasteiger partial charge in [0.25, 0.3) is 0 Å². The molecule has 2 N–H and O–H groups in total. The van der Waals surface area contributed by atoms with Gasteiger partial charge in [-0.05, 0) is 12.8 Å². The van der Waals surface area contributed by atoms with Crippen molar-refractivity contribution in [3.63, 3.8) is 0 Å². The lowest BCUT2D eigenvalue weighted by Gasteiger charge is -2.16. The van der Waals surface area contributed by atoms with Crippen LogP contribution in [0.5, 0.6) is 0 Å². The van der Waals surface area contributed by atoms with E-state index >= 15 is 0 Å². The molecule has 0 rings (SSSR count). The maximum Gasteiger partial charge on any atom is 0.0657 e. The second-order valence-corrected chi connectivity index (χ2v) is 4.87. The average molecular weight is 234 g/mol. The summed E-state index contributed by atoms with van der Waals surface area (Å²) in [5.41, 5.74) is 0. The van der Waals surface area contributed by atoms with E-state index in [2.05, 4.69) is 19.6 Å². The molecule has 0 aliphatic carbocycles. The molecule has 0 spiro atoms. The average Bonchev–Trinajstić information content (AvgIpc) is 2.23. The molecule has 0 fully saturated rings. The SMILES string of the molecule is CCCCCCCCC(O)C(S)CCO. The Morgan fingerprint density at radius 2 is 1.60 bits per heavy atom. The molecule has 0 saturated carbocycles. The van der Waals surface area contributed by atoms with Gasteiger partial charge in [0.15, 0.2) is 0 Å². The van der Waals surface area contributed by atoms with Crippen molar-refractivity contribution in [2.24, 2.45) is 0 Å². The van der Waals surface area contributed by atoms with Crippen LogP contribution in [0.1, 0.15) is 58.3 Å². The number of aliphatic hydroxyl groups excluding tert-OH is 2. The fourth-order valence-electron chi connectivity index (χ4n) is 1.65. The van der Waals surface area contributed by atoms with Crippen molar-refractivity contribution in [2.45, 2.75) is 69.6 Å². The highest BCUT2D eigenvalue weighted by Gasteiger charge is 2.13. The summed E-state index contributed by atoms with van der Waals surface area (Å²) in [5, 5.41) is 18.3. The van der Waals surface area contributed by atoms with Crippen LogP contribution in [0.25, 0.3) is 0 Å². The number of hydrogen-bond donors (Lipinski definition) is 3. The highest BCUT2D eigenvalue weighted by molar-refractivity contribution is 7.81.